The highest BCUT2D eigenvalue weighted by atomic mass is 19.4. The number of alkyl halides is 3. The van der Waals surface area contributed by atoms with Crippen LogP contribution in [0.1, 0.15) is 11.1 Å². The Labute approximate surface area is 162 Å². The van der Waals surface area contributed by atoms with E-state index in [1.54, 1.807) is 31.3 Å². The smallest absolute Gasteiger partial charge is 0.325 e. The lowest BCUT2D eigenvalue weighted by atomic mass is 10.0. The minimum atomic E-state index is -4.47. The van der Waals surface area contributed by atoms with Gasteiger partial charge in [0.25, 0.3) is 0 Å². The average molecular weight is 399 g/mol. The molecule has 0 aliphatic carbocycles. The van der Waals surface area contributed by atoms with Gasteiger partial charge in [-0.25, -0.2) is 19.3 Å². The quantitative estimate of drug-likeness (QED) is 0.474. The van der Waals surface area contributed by atoms with Gasteiger partial charge in [0.2, 0.25) is 0 Å². The molecule has 0 radical (unpaired) electrons. The molecule has 5 nitrogen and oxygen atoms in total. The van der Waals surface area contributed by atoms with E-state index in [1.165, 1.54) is 18.5 Å². The van der Waals surface area contributed by atoms with Crippen LogP contribution in [0.5, 0.6) is 0 Å². The first-order valence-electron chi connectivity index (χ1n) is 8.49. The Morgan fingerprint density at radius 3 is 2.52 bits per heavy atom. The largest absolute Gasteiger partial charge is 0.417 e. The van der Waals surface area contributed by atoms with Crippen molar-refractivity contribution >= 4 is 22.5 Å². The predicted molar refractivity (Wildman–Crippen MR) is 100.0 cm³/mol. The fourth-order valence-corrected chi connectivity index (χ4v) is 2.88. The van der Waals surface area contributed by atoms with Crippen molar-refractivity contribution in [2.24, 2.45) is 0 Å². The number of halogens is 4. The van der Waals surface area contributed by atoms with Gasteiger partial charge in [-0.05, 0) is 37.3 Å². The molecule has 9 heteroatoms. The molecule has 0 amide bonds. The van der Waals surface area contributed by atoms with E-state index in [0.717, 1.165) is 12.3 Å². The Hall–Kier alpha value is -3.62. The molecule has 0 unspecified atom stereocenters. The highest BCUT2D eigenvalue weighted by Gasteiger charge is 2.30. The Morgan fingerprint density at radius 1 is 0.966 bits per heavy atom. The molecule has 1 N–H and O–H groups in total. The van der Waals surface area contributed by atoms with Crippen molar-refractivity contribution in [2.45, 2.75) is 13.1 Å². The molecule has 0 spiro atoms. The van der Waals surface area contributed by atoms with E-state index < -0.39 is 17.6 Å². The van der Waals surface area contributed by atoms with Crippen LogP contribution in [0.2, 0.25) is 0 Å². The third-order valence-corrected chi connectivity index (χ3v) is 4.37. The standard InChI is InChI=1S/C20H13F4N5/c1-11-18(14-8-16-12(7-15(14)21)3-2-6-25-16)27-10-28-19(11)29-17-5-4-13(9-26-17)20(22,23)24/h2-10H,1H3,(H,26,27,28,29). The van der Waals surface area contributed by atoms with Gasteiger partial charge in [-0.15, -0.1) is 0 Å². The second kappa shape index (κ2) is 7.08. The molecule has 0 aliphatic heterocycles. The second-order valence-electron chi connectivity index (χ2n) is 6.28. The van der Waals surface area contributed by atoms with Crippen LogP contribution in [-0.2, 0) is 6.18 Å². The fraction of sp³-hybridized carbons (Fsp3) is 0.100. The topological polar surface area (TPSA) is 63.6 Å². The molecule has 0 saturated carbocycles. The van der Waals surface area contributed by atoms with Crippen LogP contribution >= 0.6 is 0 Å². The average Bonchev–Trinajstić information content (AvgIpc) is 2.69. The Kier molecular flexibility index (Phi) is 4.57. The van der Waals surface area contributed by atoms with E-state index in [9.17, 15) is 17.6 Å². The Morgan fingerprint density at radius 2 is 1.79 bits per heavy atom. The number of fused-ring (bicyclic) bond motifs is 1. The fourth-order valence-electron chi connectivity index (χ4n) is 2.88. The van der Waals surface area contributed by atoms with Gasteiger partial charge in [0.05, 0.1) is 16.8 Å². The summed E-state index contributed by atoms with van der Waals surface area (Å²) in [5.74, 6) is 0.0140. The number of pyridine rings is 2. The molecular formula is C20H13F4N5. The summed E-state index contributed by atoms with van der Waals surface area (Å²) in [4.78, 5) is 16.3. The van der Waals surface area contributed by atoms with Crippen molar-refractivity contribution in [3.8, 4) is 11.3 Å². The summed E-state index contributed by atoms with van der Waals surface area (Å²) < 4.78 is 52.7. The van der Waals surface area contributed by atoms with Gasteiger partial charge in [0, 0.05) is 28.9 Å². The van der Waals surface area contributed by atoms with E-state index >= 15 is 0 Å². The molecule has 4 rings (SSSR count). The highest BCUT2D eigenvalue weighted by molar-refractivity contribution is 5.85. The zero-order valence-corrected chi connectivity index (χ0v) is 15.0. The summed E-state index contributed by atoms with van der Waals surface area (Å²) in [6, 6.07) is 8.57. The van der Waals surface area contributed by atoms with Gasteiger partial charge in [0.1, 0.15) is 23.8 Å². The third kappa shape index (κ3) is 3.71. The lowest BCUT2D eigenvalue weighted by molar-refractivity contribution is -0.137. The number of anilines is 2. The van der Waals surface area contributed by atoms with E-state index in [1.807, 2.05) is 0 Å². The molecule has 146 valence electrons. The molecule has 0 saturated heterocycles. The van der Waals surface area contributed by atoms with Gasteiger partial charge < -0.3 is 5.32 Å². The maximum atomic E-state index is 14.7. The first-order chi connectivity index (χ1) is 13.8. The minimum absolute atomic E-state index is 0.173. The molecule has 29 heavy (non-hydrogen) atoms. The summed E-state index contributed by atoms with van der Waals surface area (Å²) in [5.41, 5.74) is 0.872. The van der Waals surface area contributed by atoms with Gasteiger partial charge in [-0.1, -0.05) is 6.07 Å². The predicted octanol–water partition coefficient (Wildman–Crippen LogP) is 5.30. The molecule has 3 aromatic heterocycles. The number of aromatic nitrogens is 4. The van der Waals surface area contributed by atoms with Crippen molar-refractivity contribution in [1.29, 1.82) is 0 Å². The number of hydrogen-bond acceptors (Lipinski definition) is 5. The van der Waals surface area contributed by atoms with E-state index in [2.05, 4.69) is 25.3 Å². The molecule has 3 heterocycles. The highest BCUT2D eigenvalue weighted by Crippen LogP contribution is 2.32. The zero-order valence-electron chi connectivity index (χ0n) is 15.0. The maximum Gasteiger partial charge on any atom is 0.417 e. The minimum Gasteiger partial charge on any atom is -0.325 e. The monoisotopic (exact) mass is 399 g/mol. The van der Waals surface area contributed by atoms with Crippen LogP contribution in [0.3, 0.4) is 0 Å². The normalized spacial score (nSPS) is 11.6. The van der Waals surface area contributed by atoms with E-state index in [0.29, 0.717) is 28.0 Å². The van der Waals surface area contributed by atoms with Crippen molar-refractivity contribution in [3.05, 3.63) is 72.1 Å². The van der Waals surface area contributed by atoms with E-state index in [-0.39, 0.29) is 11.4 Å². The summed E-state index contributed by atoms with van der Waals surface area (Å²) in [6.45, 7) is 1.68. The Balaban J connectivity index is 1.70. The van der Waals surface area contributed by atoms with Crippen LogP contribution < -0.4 is 5.32 Å². The number of nitrogens with zero attached hydrogens (tertiary/aromatic N) is 4. The van der Waals surface area contributed by atoms with Gasteiger partial charge in [0.15, 0.2) is 0 Å². The first kappa shape index (κ1) is 18.7. The van der Waals surface area contributed by atoms with Crippen molar-refractivity contribution in [1.82, 2.24) is 19.9 Å². The molecule has 4 aromatic rings. The molecule has 1 aromatic carbocycles. The molecule has 0 fully saturated rings. The third-order valence-electron chi connectivity index (χ3n) is 4.37. The zero-order chi connectivity index (χ0) is 20.6. The van der Waals surface area contributed by atoms with Gasteiger partial charge >= 0.3 is 6.18 Å². The number of hydrogen-bond donors (Lipinski definition) is 1. The van der Waals surface area contributed by atoms with Gasteiger partial charge in [-0.3, -0.25) is 4.98 Å². The lowest BCUT2D eigenvalue weighted by Gasteiger charge is -2.13. The number of rotatable bonds is 3. The summed E-state index contributed by atoms with van der Waals surface area (Å²) in [6.07, 6.45) is -0.878. The SMILES string of the molecule is Cc1c(Nc2ccc(C(F)(F)F)cn2)ncnc1-c1cc2ncccc2cc1F. The summed E-state index contributed by atoms with van der Waals surface area (Å²) in [5, 5.41) is 3.51. The van der Waals surface area contributed by atoms with Crippen LogP contribution in [0, 0.1) is 12.7 Å². The summed E-state index contributed by atoms with van der Waals surface area (Å²) >= 11 is 0. The van der Waals surface area contributed by atoms with Crippen LogP contribution in [0.25, 0.3) is 22.2 Å². The summed E-state index contributed by atoms with van der Waals surface area (Å²) in [7, 11) is 0. The molecule has 0 bridgehead atoms. The molecule has 0 atom stereocenters. The van der Waals surface area contributed by atoms with Gasteiger partial charge in [-0.2, -0.15) is 13.2 Å². The second-order valence-corrected chi connectivity index (χ2v) is 6.28. The number of nitrogens with one attached hydrogen (secondary N) is 1. The van der Waals surface area contributed by atoms with Crippen LogP contribution in [0.15, 0.2) is 55.1 Å². The Bertz CT molecular complexity index is 1190. The lowest BCUT2D eigenvalue weighted by Crippen LogP contribution is -2.06. The molecule has 0 aliphatic rings. The van der Waals surface area contributed by atoms with Crippen LogP contribution in [0.4, 0.5) is 29.2 Å². The van der Waals surface area contributed by atoms with Crippen molar-refractivity contribution in [3.63, 3.8) is 0 Å². The van der Waals surface area contributed by atoms with Crippen LogP contribution in [-0.4, -0.2) is 19.9 Å². The first-order valence-corrected chi connectivity index (χ1v) is 8.49. The maximum absolute atomic E-state index is 14.7. The number of benzene rings is 1. The molecular weight excluding hydrogens is 386 g/mol. The van der Waals surface area contributed by atoms with E-state index in [4.69, 9.17) is 0 Å². The van der Waals surface area contributed by atoms with Crippen molar-refractivity contribution in [2.75, 3.05) is 5.32 Å². The van der Waals surface area contributed by atoms with Crippen molar-refractivity contribution < 1.29 is 17.6 Å².